The topological polar surface area (TPSA) is 15.6 Å². The van der Waals surface area contributed by atoms with Gasteiger partial charge in [0, 0.05) is 21.7 Å². The van der Waals surface area contributed by atoms with Crippen LogP contribution in [0.25, 0.3) is 0 Å². The molecule has 11 heavy (non-hydrogen) atoms. The van der Waals surface area contributed by atoms with Crippen molar-refractivity contribution in [2.45, 2.75) is 0 Å². The summed E-state index contributed by atoms with van der Waals surface area (Å²) in [5, 5.41) is 0. The van der Waals surface area contributed by atoms with Crippen LogP contribution in [-0.2, 0) is 0 Å². The van der Waals surface area contributed by atoms with Crippen molar-refractivity contribution in [3.63, 3.8) is 0 Å². The molecule has 0 unspecified atom stereocenters. The monoisotopic (exact) mass is 276 g/mol. The predicted octanol–water partition coefficient (Wildman–Crippen LogP) is 2.23. The van der Waals surface area contributed by atoms with Gasteiger partial charge < -0.3 is 4.90 Å². The zero-order chi connectivity index (χ0) is 7.84. The van der Waals surface area contributed by atoms with Crippen molar-refractivity contribution in [1.82, 2.24) is 4.90 Å². The molecule has 2 rings (SSSR count). The summed E-state index contributed by atoms with van der Waals surface area (Å²) in [4.78, 5) is 6.45. The third-order valence-electron chi connectivity index (χ3n) is 1.66. The van der Waals surface area contributed by atoms with E-state index in [1.807, 2.05) is 6.08 Å². The lowest BCUT2D eigenvalue weighted by Crippen LogP contribution is -2.22. The number of nitrogens with zero attached hydrogens (tertiary/aromatic N) is 2. The number of aliphatic imine (C=N–C) groups is 1. The number of amidine groups is 1. The number of hydrogen-bond acceptors (Lipinski definition) is 2. The van der Waals surface area contributed by atoms with Gasteiger partial charge in [0.05, 0.1) is 6.54 Å². The van der Waals surface area contributed by atoms with Crippen LogP contribution in [0.15, 0.2) is 26.2 Å². The number of hydrogen-bond donors (Lipinski definition) is 0. The van der Waals surface area contributed by atoms with E-state index in [0.717, 1.165) is 27.9 Å². The van der Waals surface area contributed by atoms with E-state index in [1.165, 1.54) is 0 Å². The zero-order valence-electron chi connectivity index (χ0n) is 5.72. The van der Waals surface area contributed by atoms with Crippen LogP contribution in [0.1, 0.15) is 0 Å². The van der Waals surface area contributed by atoms with Crippen LogP contribution in [-0.4, -0.2) is 23.8 Å². The standard InChI is InChI=1S/C7H6Br2N2/c8-5-3-7-10-1-2-11(7)4-6(5)9/h3-4H,1-2H2. The average molecular weight is 278 g/mol. The fraction of sp³-hybridized carbons (Fsp3) is 0.286. The lowest BCUT2D eigenvalue weighted by atomic mass is 10.3. The van der Waals surface area contributed by atoms with Crippen LogP contribution in [0, 0.1) is 0 Å². The summed E-state index contributed by atoms with van der Waals surface area (Å²) in [6.45, 7) is 1.91. The van der Waals surface area contributed by atoms with Crippen molar-refractivity contribution in [3.05, 3.63) is 21.2 Å². The van der Waals surface area contributed by atoms with Crippen molar-refractivity contribution in [1.29, 1.82) is 0 Å². The Hall–Kier alpha value is -0.0900. The molecule has 0 radical (unpaired) electrons. The Bertz CT molecular complexity index is 278. The van der Waals surface area contributed by atoms with E-state index < -0.39 is 0 Å². The van der Waals surface area contributed by atoms with Gasteiger partial charge in [-0.1, -0.05) is 0 Å². The van der Waals surface area contributed by atoms with Gasteiger partial charge in [-0.25, -0.2) is 0 Å². The molecule has 0 aromatic rings. The van der Waals surface area contributed by atoms with Gasteiger partial charge in [-0.2, -0.15) is 0 Å². The van der Waals surface area contributed by atoms with Gasteiger partial charge in [-0.3, -0.25) is 4.99 Å². The molecule has 0 aromatic carbocycles. The zero-order valence-corrected chi connectivity index (χ0v) is 8.89. The van der Waals surface area contributed by atoms with E-state index in [4.69, 9.17) is 0 Å². The molecule has 2 aliphatic heterocycles. The largest absolute Gasteiger partial charge is 0.330 e. The summed E-state index contributed by atoms with van der Waals surface area (Å²) in [6, 6.07) is 0. The molecule has 0 N–H and O–H groups in total. The first-order chi connectivity index (χ1) is 5.27. The quantitative estimate of drug-likeness (QED) is 0.663. The first kappa shape index (κ1) is 7.55. The normalized spacial score (nSPS) is 22.4. The first-order valence-corrected chi connectivity index (χ1v) is 4.92. The van der Waals surface area contributed by atoms with Gasteiger partial charge in [0.15, 0.2) is 0 Å². The van der Waals surface area contributed by atoms with Crippen molar-refractivity contribution in [2.75, 3.05) is 13.1 Å². The Morgan fingerprint density at radius 3 is 3.00 bits per heavy atom. The van der Waals surface area contributed by atoms with Gasteiger partial charge in [-0.05, 0) is 37.9 Å². The van der Waals surface area contributed by atoms with Crippen molar-refractivity contribution in [2.24, 2.45) is 4.99 Å². The van der Waals surface area contributed by atoms with Crippen LogP contribution >= 0.6 is 31.9 Å². The molecule has 0 saturated carbocycles. The van der Waals surface area contributed by atoms with Crippen LogP contribution in [0.4, 0.5) is 0 Å². The van der Waals surface area contributed by atoms with Crippen molar-refractivity contribution in [3.8, 4) is 0 Å². The van der Waals surface area contributed by atoms with E-state index in [-0.39, 0.29) is 0 Å². The predicted molar refractivity (Wildman–Crippen MR) is 53.0 cm³/mol. The second-order valence-corrected chi connectivity index (χ2v) is 4.11. The van der Waals surface area contributed by atoms with Gasteiger partial charge in [0.1, 0.15) is 5.84 Å². The van der Waals surface area contributed by atoms with Gasteiger partial charge in [0.25, 0.3) is 0 Å². The maximum Gasteiger partial charge on any atom is 0.128 e. The van der Waals surface area contributed by atoms with E-state index in [2.05, 4.69) is 48.0 Å². The van der Waals surface area contributed by atoms with Crippen molar-refractivity contribution >= 4 is 37.7 Å². The highest BCUT2D eigenvalue weighted by Crippen LogP contribution is 2.28. The van der Waals surface area contributed by atoms with Crippen LogP contribution in [0.3, 0.4) is 0 Å². The minimum Gasteiger partial charge on any atom is -0.330 e. The third-order valence-corrected chi connectivity index (χ3v) is 3.48. The van der Waals surface area contributed by atoms with E-state index >= 15 is 0 Å². The SMILES string of the molecule is BrC1=CC2=NCCN2C=C1Br. The fourth-order valence-electron chi connectivity index (χ4n) is 1.12. The van der Waals surface area contributed by atoms with E-state index in [1.54, 1.807) is 0 Å². The van der Waals surface area contributed by atoms with Gasteiger partial charge >= 0.3 is 0 Å². The molecular weight excluding hydrogens is 272 g/mol. The Balaban J connectivity index is 2.37. The van der Waals surface area contributed by atoms with E-state index in [9.17, 15) is 0 Å². The Kier molecular flexibility index (Phi) is 1.89. The molecule has 0 atom stereocenters. The average Bonchev–Trinajstić information content (AvgIpc) is 2.36. The second-order valence-electron chi connectivity index (χ2n) is 2.40. The van der Waals surface area contributed by atoms with Crippen LogP contribution in [0.5, 0.6) is 0 Å². The molecule has 2 heterocycles. The number of allylic oxidation sites excluding steroid dienone is 2. The maximum absolute atomic E-state index is 4.31. The second kappa shape index (κ2) is 2.75. The summed E-state index contributed by atoms with van der Waals surface area (Å²) in [6.07, 6.45) is 4.08. The lowest BCUT2D eigenvalue weighted by Gasteiger charge is -2.18. The Labute approximate surface area is 81.9 Å². The van der Waals surface area contributed by atoms with Crippen molar-refractivity contribution < 1.29 is 0 Å². The molecule has 0 fully saturated rings. The molecule has 0 aliphatic carbocycles. The highest BCUT2D eigenvalue weighted by Gasteiger charge is 2.18. The molecule has 0 aromatic heterocycles. The van der Waals surface area contributed by atoms with E-state index in [0.29, 0.717) is 0 Å². The molecular formula is C7H6Br2N2. The number of rotatable bonds is 0. The first-order valence-electron chi connectivity index (χ1n) is 3.33. The summed E-state index contributed by atoms with van der Waals surface area (Å²) < 4.78 is 2.15. The molecule has 0 amide bonds. The smallest absolute Gasteiger partial charge is 0.128 e. The van der Waals surface area contributed by atoms with Crippen LogP contribution in [0.2, 0.25) is 0 Å². The molecule has 2 aliphatic rings. The summed E-state index contributed by atoms with van der Waals surface area (Å²) in [7, 11) is 0. The lowest BCUT2D eigenvalue weighted by molar-refractivity contribution is 0.610. The fourth-order valence-corrected chi connectivity index (χ4v) is 1.79. The van der Waals surface area contributed by atoms with Crippen LogP contribution < -0.4 is 0 Å². The third kappa shape index (κ3) is 1.29. The summed E-state index contributed by atoms with van der Waals surface area (Å²) >= 11 is 6.87. The van der Waals surface area contributed by atoms with Gasteiger partial charge in [0.2, 0.25) is 0 Å². The molecule has 2 nitrogen and oxygen atoms in total. The number of fused-ring (bicyclic) bond motifs is 1. The minimum atomic E-state index is 0.906. The number of halogens is 2. The Morgan fingerprint density at radius 1 is 1.36 bits per heavy atom. The molecule has 58 valence electrons. The molecule has 0 bridgehead atoms. The molecule has 4 heteroatoms. The maximum atomic E-state index is 4.31. The minimum absolute atomic E-state index is 0.906. The highest BCUT2D eigenvalue weighted by atomic mass is 79.9. The Morgan fingerprint density at radius 2 is 2.18 bits per heavy atom. The summed E-state index contributed by atoms with van der Waals surface area (Å²) in [5.74, 6) is 1.06. The molecule has 0 spiro atoms. The highest BCUT2D eigenvalue weighted by molar-refractivity contribution is 9.15. The molecule has 0 saturated heterocycles. The van der Waals surface area contributed by atoms with Gasteiger partial charge in [-0.15, -0.1) is 0 Å². The summed E-state index contributed by atoms with van der Waals surface area (Å²) in [5.41, 5.74) is 0.